The van der Waals surface area contributed by atoms with Crippen molar-refractivity contribution in [3.05, 3.63) is 64.4 Å². The van der Waals surface area contributed by atoms with E-state index in [9.17, 15) is 13.2 Å². The van der Waals surface area contributed by atoms with Crippen LogP contribution in [0.3, 0.4) is 0 Å². The molecule has 0 aliphatic rings. The number of nitrogens with two attached hydrogens (primary N) is 1. The van der Waals surface area contributed by atoms with Gasteiger partial charge < -0.3 is 10.3 Å². The minimum absolute atomic E-state index is 0.0832. The van der Waals surface area contributed by atoms with Crippen LogP contribution in [0.4, 0.5) is 0 Å². The van der Waals surface area contributed by atoms with E-state index in [2.05, 4.69) is 14.9 Å². The third kappa shape index (κ3) is 4.22. The summed E-state index contributed by atoms with van der Waals surface area (Å²) in [5.74, 6) is -0.298. The highest BCUT2D eigenvalue weighted by molar-refractivity contribution is 7.89. The minimum atomic E-state index is -3.94. The second-order valence-corrected chi connectivity index (χ2v) is 8.30. The summed E-state index contributed by atoms with van der Waals surface area (Å²) in [5.41, 5.74) is 6.67. The van der Waals surface area contributed by atoms with Crippen molar-refractivity contribution in [2.75, 3.05) is 0 Å². The number of benzene rings is 2. The number of hydrogen-bond donors (Lipinski definition) is 2. The number of carbonyl (C=O) groups excluding carboxylic acids is 1. The first kappa shape index (κ1) is 20.0. The molecule has 0 aliphatic carbocycles. The maximum absolute atomic E-state index is 12.7. The van der Waals surface area contributed by atoms with Gasteiger partial charge in [-0.15, -0.1) is 0 Å². The van der Waals surface area contributed by atoms with Crippen molar-refractivity contribution in [3.63, 3.8) is 0 Å². The van der Waals surface area contributed by atoms with Crippen LogP contribution < -0.4 is 10.5 Å². The molecule has 146 valence electrons. The fraction of sp³-hybridized carbons (Fsp3) is 0.167. The van der Waals surface area contributed by atoms with Gasteiger partial charge in [0.25, 0.3) is 5.89 Å². The number of amides is 1. The third-order valence-electron chi connectivity index (χ3n) is 4.04. The van der Waals surface area contributed by atoms with Crippen molar-refractivity contribution in [2.24, 2.45) is 5.73 Å². The van der Waals surface area contributed by atoms with Gasteiger partial charge in [0, 0.05) is 16.1 Å². The van der Waals surface area contributed by atoms with E-state index >= 15 is 0 Å². The number of carbonyl (C=O) groups is 1. The highest BCUT2D eigenvalue weighted by atomic mass is 35.5. The van der Waals surface area contributed by atoms with E-state index < -0.39 is 22.0 Å². The van der Waals surface area contributed by atoms with E-state index in [0.717, 1.165) is 0 Å². The Bertz CT molecular complexity index is 1130. The molecule has 1 atom stereocenters. The smallest absolute Gasteiger partial charge is 0.257 e. The zero-order valence-corrected chi connectivity index (χ0v) is 16.6. The number of nitrogens with zero attached hydrogens (tertiary/aromatic N) is 2. The van der Waals surface area contributed by atoms with Gasteiger partial charge in [0.2, 0.25) is 15.9 Å². The first-order valence-corrected chi connectivity index (χ1v) is 10.1. The fourth-order valence-electron chi connectivity index (χ4n) is 2.51. The molecule has 3 rings (SSSR count). The molecule has 1 aromatic heterocycles. The first-order chi connectivity index (χ1) is 13.2. The van der Waals surface area contributed by atoms with Crippen LogP contribution in [-0.4, -0.2) is 24.5 Å². The fourth-order valence-corrected chi connectivity index (χ4v) is 3.86. The molecular weight excluding hydrogens is 404 g/mol. The maximum Gasteiger partial charge on any atom is 0.257 e. The van der Waals surface area contributed by atoms with Gasteiger partial charge in [-0.3, -0.25) is 4.79 Å². The summed E-state index contributed by atoms with van der Waals surface area (Å²) in [6.45, 7) is 3.25. The van der Waals surface area contributed by atoms with Crippen molar-refractivity contribution in [1.82, 2.24) is 14.9 Å². The molecule has 0 bridgehead atoms. The molecular formula is C18H17ClN4O4S. The number of hydrogen-bond acceptors (Lipinski definition) is 6. The topological polar surface area (TPSA) is 128 Å². The molecule has 0 spiro atoms. The first-order valence-electron chi connectivity index (χ1n) is 8.19. The van der Waals surface area contributed by atoms with Crippen molar-refractivity contribution >= 4 is 27.5 Å². The molecule has 3 N–H and O–H groups in total. The summed E-state index contributed by atoms with van der Waals surface area (Å²) in [7, 11) is -3.94. The van der Waals surface area contributed by atoms with Crippen LogP contribution in [0.15, 0.2) is 51.9 Å². The van der Waals surface area contributed by atoms with Gasteiger partial charge in [0.15, 0.2) is 5.82 Å². The number of primary amides is 1. The van der Waals surface area contributed by atoms with Crippen LogP contribution in [0.5, 0.6) is 0 Å². The lowest BCUT2D eigenvalue weighted by Gasteiger charge is -2.12. The second kappa shape index (κ2) is 7.70. The Morgan fingerprint density at radius 1 is 1.21 bits per heavy atom. The summed E-state index contributed by atoms with van der Waals surface area (Å²) < 4.78 is 33.0. The molecule has 10 heteroatoms. The Kier molecular flexibility index (Phi) is 5.50. The largest absolute Gasteiger partial charge is 0.366 e. The number of nitrogens with one attached hydrogen (secondary N) is 1. The van der Waals surface area contributed by atoms with Gasteiger partial charge in [-0.1, -0.05) is 22.8 Å². The molecule has 0 saturated carbocycles. The molecule has 28 heavy (non-hydrogen) atoms. The molecule has 0 fully saturated rings. The van der Waals surface area contributed by atoms with E-state index in [1.807, 2.05) is 0 Å². The number of rotatable bonds is 6. The van der Waals surface area contributed by atoms with Gasteiger partial charge in [0.05, 0.1) is 10.9 Å². The lowest BCUT2D eigenvalue weighted by atomic mass is 10.1. The quantitative estimate of drug-likeness (QED) is 0.630. The molecule has 8 nitrogen and oxygen atoms in total. The molecule has 0 saturated heterocycles. The van der Waals surface area contributed by atoms with Crippen LogP contribution in [0.25, 0.3) is 11.5 Å². The number of halogens is 1. The Hall–Kier alpha value is -2.75. The summed E-state index contributed by atoms with van der Waals surface area (Å²) in [4.78, 5) is 15.6. The Morgan fingerprint density at radius 2 is 1.89 bits per heavy atom. The molecule has 2 aromatic carbocycles. The van der Waals surface area contributed by atoms with E-state index in [1.54, 1.807) is 38.1 Å². The summed E-state index contributed by atoms with van der Waals surface area (Å²) >= 11 is 5.85. The lowest BCUT2D eigenvalue weighted by Crippen LogP contribution is -2.28. The summed E-state index contributed by atoms with van der Waals surface area (Å²) in [5, 5.41) is 4.40. The zero-order valence-electron chi connectivity index (χ0n) is 15.0. The van der Waals surface area contributed by atoms with Gasteiger partial charge >= 0.3 is 0 Å². The highest BCUT2D eigenvalue weighted by Crippen LogP contribution is 2.23. The third-order valence-corrected chi connectivity index (χ3v) is 5.83. The van der Waals surface area contributed by atoms with Gasteiger partial charge in [0.1, 0.15) is 0 Å². The summed E-state index contributed by atoms with van der Waals surface area (Å²) in [6, 6.07) is 10.2. The Morgan fingerprint density at radius 3 is 2.54 bits per heavy atom. The predicted octanol–water partition coefficient (Wildman–Crippen LogP) is 2.84. The van der Waals surface area contributed by atoms with E-state index in [1.165, 1.54) is 18.2 Å². The molecule has 0 aliphatic heterocycles. The molecule has 1 heterocycles. The van der Waals surface area contributed by atoms with E-state index in [-0.39, 0.29) is 22.2 Å². The number of sulfonamides is 1. The average molecular weight is 421 g/mol. The monoisotopic (exact) mass is 420 g/mol. The van der Waals surface area contributed by atoms with Crippen LogP contribution in [-0.2, 0) is 10.0 Å². The second-order valence-electron chi connectivity index (χ2n) is 6.15. The van der Waals surface area contributed by atoms with Crippen LogP contribution in [0.2, 0.25) is 5.02 Å². The van der Waals surface area contributed by atoms with Crippen molar-refractivity contribution < 1.29 is 17.7 Å². The van der Waals surface area contributed by atoms with Gasteiger partial charge in [-0.05, 0) is 55.8 Å². The van der Waals surface area contributed by atoms with Gasteiger partial charge in [-0.2, -0.15) is 4.98 Å². The number of aromatic nitrogens is 2. The van der Waals surface area contributed by atoms with Crippen LogP contribution in [0.1, 0.15) is 34.7 Å². The zero-order chi connectivity index (χ0) is 20.5. The average Bonchev–Trinajstić information content (AvgIpc) is 3.12. The SMILES string of the molecule is Cc1ccc(S(=O)(=O)N[C@@H](C)c2noc(-c3ccc(Cl)cc3)n2)cc1C(N)=O. The molecule has 0 radical (unpaired) electrons. The lowest BCUT2D eigenvalue weighted by molar-refractivity contribution is 0.0999. The summed E-state index contributed by atoms with van der Waals surface area (Å²) in [6.07, 6.45) is 0. The molecule has 0 unspecified atom stereocenters. The van der Waals surface area contributed by atoms with Crippen LogP contribution in [0, 0.1) is 6.92 Å². The van der Waals surface area contributed by atoms with E-state index in [0.29, 0.717) is 16.1 Å². The molecule has 1 amide bonds. The normalized spacial score (nSPS) is 12.7. The van der Waals surface area contributed by atoms with Crippen molar-refractivity contribution in [1.29, 1.82) is 0 Å². The standard InChI is InChI=1S/C18H17ClN4O4S/c1-10-3-8-14(9-15(10)16(20)24)28(25,26)23-11(2)17-21-18(27-22-17)12-4-6-13(19)7-5-12/h3-9,11,23H,1-2H3,(H2,20,24)/t11-/m0/s1. The van der Waals surface area contributed by atoms with E-state index in [4.69, 9.17) is 21.9 Å². The van der Waals surface area contributed by atoms with Crippen molar-refractivity contribution in [2.45, 2.75) is 24.8 Å². The Labute approximate surface area is 166 Å². The predicted molar refractivity (Wildman–Crippen MR) is 103 cm³/mol. The van der Waals surface area contributed by atoms with Crippen molar-refractivity contribution in [3.8, 4) is 11.5 Å². The number of aryl methyl sites for hydroxylation is 1. The van der Waals surface area contributed by atoms with Gasteiger partial charge in [-0.25, -0.2) is 13.1 Å². The molecule has 3 aromatic rings. The van der Waals surface area contributed by atoms with Crippen LogP contribution >= 0.6 is 11.6 Å². The Balaban J connectivity index is 1.82. The minimum Gasteiger partial charge on any atom is -0.366 e. The highest BCUT2D eigenvalue weighted by Gasteiger charge is 2.23. The maximum atomic E-state index is 12.7.